The summed E-state index contributed by atoms with van der Waals surface area (Å²) in [6, 6.07) is 0. The van der Waals surface area contributed by atoms with Gasteiger partial charge in [0.1, 0.15) is 0 Å². The van der Waals surface area contributed by atoms with Crippen LogP contribution in [-0.2, 0) is 4.79 Å². The SMILES string of the molecule is CC1=C[C@H]2C[C@]3(CCC(C(C)C)=CC3=O)C[C@H]2C1(C)C. The summed E-state index contributed by atoms with van der Waals surface area (Å²) in [6.45, 7) is 11.4. The van der Waals surface area contributed by atoms with Crippen LogP contribution in [0.15, 0.2) is 23.3 Å². The van der Waals surface area contributed by atoms with E-state index in [1.54, 1.807) is 0 Å². The molecule has 1 saturated carbocycles. The molecule has 0 aliphatic heterocycles. The highest BCUT2D eigenvalue weighted by Gasteiger charge is 2.55. The summed E-state index contributed by atoms with van der Waals surface area (Å²) in [5.74, 6) is 2.28. The van der Waals surface area contributed by atoms with Gasteiger partial charge in [0.15, 0.2) is 5.78 Å². The Morgan fingerprint density at radius 2 is 1.95 bits per heavy atom. The predicted molar refractivity (Wildman–Crippen MR) is 83.3 cm³/mol. The van der Waals surface area contributed by atoms with Crippen molar-refractivity contribution in [1.29, 1.82) is 0 Å². The molecule has 1 spiro atoms. The molecule has 110 valence electrons. The Morgan fingerprint density at radius 1 is 1.25 bits per heavy atom. The molecule has 0 bridgehead atoms. The van der Waals surface area contributed by atoms with Crippen molar-refractivity contribution >= 4 is 5.78 Å². The first-order chi connectivity index (χ1) is 9.26. The van der Waals surface area contributed by atoms with E-state index in [1.165, 1.54) is 11.1 Å². The molecule has 0 radical (unpaired) electrons. The van der Waals surface area contributed by atoms with Gasteiger partial charge in [-0.25, -0.2) is 0 Å². The number of carbonyl (C=O) groups excluding carboxylic acids is 1. The molecule has 0 aromatic heterocycles. The fraction of sp³-hybridized carbons (Fsp3) is 0.737. The topological polar surface area (TPSA) is 17.1 Å². The van der Waals surface area contributed by atoms with Gasteiger partial charge < -0.3 is 0 Å². The largest absolute Gasteiger partial charge is 0.294 e. The average Bonchev–Trinajstić information content (AvgIpc) is 2.81. The Kier molecular flexibility index (Phi) is 3.05. The zero-order valence-corrected chi connectivity index (χ0v) is 13.6. The summed E-state index contributed by atoms with van der Waals surface area (Å²) in [5.41, 5.74) is 3.16. The molecule has 1 heteroatoms. The molecule has 1 nitrogen and oxygen atoms in total. The fourth-order valence-electron chi connectivity index (χ4n) is 4.80. The van der Waals surface area contributed by atoms with Crippen molar-refractivity contribution in [1.82, 2.24) is 0 Å². The lowest BCUT2D eigenvalue weighted by Gasteiger charge is -2.35. The highest BCUT2D eigenvalue weighted by atomic mass is 16.1. The van der Waals surface area contributed by atoms with Gasteiger partial charge in [0.25, 0.3) is 0 Å². The van der Waals surface area contributed by atoms with Gasteiger partial charge in [-0.15, -0.1) is 0 Å². The Morgan fingerprint density at radius 3 is 2.50 bits per heavy atom. The molecule has 3 atom stereocenters. The molecule has 20 heavy (non-hydrogen) atoms. The predicted octanol–water partition coefficient (Wildman–Crippen LogP) is 4.93. The normalized spacial score (nSPS) is 39.2. The van der Waals surface area contributed by atoms with Gasteiger partial charge >= 0.3 is 0 Å². The number of rotatable bonds is 1. The molecule has 3 rings (SSSR count). The summed E-state index contributed by atoms with van der Waals surface area (Å²) in [6.07, 6.45) is 8.89. The molecule has 0 aromatic carbocycles. The van der Waals surface area contributed by atoms with Crippen LogP contribution in [0.25, 0.3) is 0 Å². The van der Waals surface area contributed by atoms with Crippen molar-refractivity contribution in [3.05, 3.63) is 23.3 Å². The van der Waals surface area contributed by atoms with Gasteiger partial charge in [0.2, 0.25) is 0 Å². The second-order valence-corrected chi connectivity index (χ2v) is 8.27. The lowest BCUT2D eigenvalue weighted by molar-refractivity contribution is -0.125. The Balaban J connectivity index is 1.87. The van der Waals surface area contributed by atoms with Gasteiger partial charge in [-0.3, -0.25) is 4.79 Å². The number of ketones is 1. The molecule has 3 aliphatic carbocycles. The summed E-state index contributed by atoms with van der Waals surface area (Å²) in [5, 5.41) is 0. The lowest BCUT2D eigenvalue weighted by Crippen LogP contribution is -2.33. The van der Waals surface area contributed by atoms with Crippen molar-refractivity contribution in [2.24, 2.45) is 28.6 Å². The molecular weight excluding hydrogens is 244 g/mol. The lowest BCUT2D eigenvalue weighted by atomic mass is 9.68. The summed E-state index contributed by atoms with van der Waals surface area (Å²) in [7, 11) is 0. The second kappa shape index (κ2) is 4.32. The van der Waals surface area contributed by atoms with E-state index < -0.39 is 0 Å². The molecular formula is C19H28O. The smallest absolute Gasteiger partial charge is 0.161 e. The zero-order valence-electron chi connectivity index (χ0n) is 13.6. The number of allylic oxidation sites excluding steroid dienone is 4. The van der Waals surface area contributed by atoms with Gasteiger partial charge in [-0.05, 0) is 61.9 Å². The van der Waals surface area contributed by atoms with Gasteiger partial charge in [0, 0.05) is 5.41 Å². The van der Waals surface area contributed by atoms with Crippen LogP contribution >= 0.6 is 0 Å². The van der Waals surface area contributed by atoms with Crippen LogP contribution in [0.2, 0.25) is 0 Å². The van der Waals surface area contributed by atoms with E-state index in [0.29, 0.717) is 23.5 Å². The Labute approximate surface area is 123 Å². The number of hydrogen-bond acceptors (Lipinski definition) is 1. The molecule has 1 fully saturated rings. The van der Waals surface area contributed by atoms with E-state index in [0.717, 1.165) is 25.7 Å². The maximum absolute atomic E-state index is 12.8. The highest BCUT2D eigenvalue weighted by molar-refractivity contribution is 5.96. The van der Waals surface area contributed by atoms with Crippen LogP contribution in [0.3, 0.4) is 0 Å². The Bertz CT molecular complexity index is 506. The minimum absolute atomic E-state index is 0.0256. The number of hydrogen-bond donors (Lipinski definition) is 0. The van der Waals surface area contributed by atoms with E-state index >= 15 is 0 Å². The first-order valence-corrected chi connectivity index (χ1v) is 8.20. The first kappa shape index (κ1) is 14.1. The van der Waals surface area contributed by atoms with E-state index in [4.69, 9.17) is 0 Å². The van der Waals surface area contributed by atoms with Crippen LogP contribution in [0.5, 0.6) is 0 Å². The molecule has 0 N–H and O–H groups in total. The molecule has 0 aromatic rings. The van der Waals surface area contributed by atoms with E-state index in [-0.39, 0.29) is 10.8 Å². The minimum Gasteiger partial charge on any atom is -0.294 e. The quantitative estimate of drug-likeness (QED) is 0.618. The molecule has 0 unspecified atom stereocenters. The van der Waals surface area contributed by atoms with Crippen molar-refractivity contribution < 1.29 is 4.79 Å². The highest BCUT2D eigenvalue weighted by Crippen LogP contribution is 2.62. The van der Waals surface area contributed by atoms with E-state index in [2.05, 4.69) is 40.7 Å². The van der Waals surface area contributed by atoms with E-state index in [1.807, 2.05) is 6.08 Å². The van der Waals surface area contributed by atoms with Gasteiger partial charge in [-0.2, -0.15) is 0 Å². The van der Waals surface area contributed by atoms with Gasteiger partial charge in [0.05, 0.1) is 0 Å². The van der Waals surface area contributed by atoms with Crippen molar-refractivity contribution in [3.8, 4) is 0 Å². The third-order valence-electron chi connectivity index (χ3n) is 6.63. The summed E-state index contributed by atoms with van der Waals surface area (Å²) < 4.78 is 0. The van der Waals surface area contributed by atoms with Gasteiger partial charge in [-0.1, -0.05) is 44.9 Å². The van der Waals surface area contributed by atoms with Crippen molar-refractivity contribution in [3.63, 3.8) is 0 Å². The number of fused-ring (bicyclic) bond motifs is 1. The van der Waals surface area contributed by atoms with Crippen LogP contribution in [-0.4, -0.2) is 5.78 Å². The van der Waals surface area contributed by atoms with Crippen LogP contribution in [0.4, 0.5) is 0 Å². The first-order valence-electron chi connectivity index (χ1n) is 8.20. The molecule has 3 aliphatic rings. The molecule has 0 amide bonds. The summed E-state index contributed by atoms with van der Waals surface area (Å²) >= 11 is 0. The number of carbonyl (C=O) groups is 1. The zero-order chi connectivity index (χ0) is 14.7. The van der Waals surface area contributed by atoms with Crippen LogP contribution < -0.4 is 0 Å². The summed E-state index contributed by atoms with van der Waals surface area (Å²) in [4.78, 5) is 12.8. The second-order valence-electron chi connectivity index (χ2n) is 8.27. The van der Waals surface area contributed by atoms with E-state index in [9.17, 15) is 4.79 Å². The Hall–Kier alpha value is -0.850. The standard InChI is InChI=1S/C19H28O/c1-12(2)14-6-7-19(17(20)9-14)10-15-8-13(3)18(4,5)16(15)11-19/h8-9,12,15-16H,6-7,10-11H2,1-5H3/t15-,16+,19+/m0/s1. The van der Waals surface area contributed by atoms with Crippen LogP contribution in [0, 0.1) is 28.6 Å². The third-order valence-corrected chi connectivity index (χ3v) is 6.63. The minimum atomic E-state index is -0.0256. The maximum atomic E-state index is 12.8. The molecule has 0 heterocycles. The third kappa shape index (κ3) is 1.85. The fourth-order valence-corrected chi connectivity index (χ4v) is 4.80. The monoisotopic (exact) mass is 272 g/mol. The maximum Gasteiger partial charge on any atom is 0.161 e. The molecule has 0 saturated heterocycles. The average molecular weight is 272 g/mol. The van der Waals surface area contributed by atoms with Crippen LogP contribution in [0.1, 0.15) is 60.3 Å². The van der Waals surface area contributed by atoms with Crippen molar-refractivity contribution in [2.45, 2.75) is 60.3 Å². The van der Waals surface area contributed by atoms with Crippen molar-refractivity contribution in [2.75, 3.05) is 0 Å².